The van der Waals surface area contributed by atoms with Gasteiger partial charge < -0.3 is 10.6 Å². The topological polar surface area (TPSA) is 124 Å². The lowest BCUT2D eigenvalue weighted by Crippen LogP contribution is -2.36. The van der Waals surface area contributed by atoms with Crippen LogP contribution in [0.1, 0.15) is 39.3 Å². The van der Waals surface area contributed by atoms with Gasteiger partial charge in [-0.05, 0) is 44.2 Å². The molecule has 0 aliphatic heterocycles. The SMILES string of the molecule is CCn1ncc(NC(=O)c2cc3nc(-c4ccc(F)cc4)cc(C(F)(F)C(F)(F)F)n3n2)c1C(=O)Nc1cnn(C)c1C. The molecule has 224 valence electrons. The zero-order valence-corrected chi connectivity index (χ0v) is 22.5. The average Bonchev–Trinajstić information content (AvgIpc) is 3.65. The second kappa shape index (κ2) is 10.6. The number of hydrogen-bond donors (Lipinski definition) is 2. The fourth-order valence-electron chi connectivity index (χ4n) is 4.17. The van der Waals surface area contributed by atoms with Crippen molar-refractivity contribution in [1.29, 1.82) is 0 Å². The minimum Gasteiger partial charge on any atom is -0.318 e. The van der Waals surface area contributed by atoms with E-state index in [1.54, 1.807) is 20.9 Å². The molecular weight excluding hydrogens is 584 g/mol. The highest BCUT2D eigenvalue weighted by molar-refractivity contribution is 6.11. The first-order valence-corrected chi connectivity index (χ1v) is 12.5. The van der Waals surface area contributed by atoms with Gasteiger partial charge in [0.25, 0.3) is 11.8 Å². The van der Waals surface area contributed by atoms with E-state index in [4.69, 9.17) is 0 Å². The highest BCUT2D eigenvalue weighted by Gasteiger charge is 2.60. The van der Waals surface area contributed by atoms with Crippen molar-refractivity contribution < 1.29 is 35.9 Å². The number of benzene rings is 1. The second-order valence-electron chi connectivity index (χ2n) is 9.30. The van der Waals surface area contributed by atoms with Crippen molar-refractivity contribution in [3.8, 4) is 11.3 Å². The lowest BCUT2D eigenvalue weighted by Gasteiger charge is -2.21. The van der Waals surface area contributed by atoms with Crippen molar-refractivity contribution in [3.63, 3.8) is 0 Å². The van der Waals surface area contributed by atoms with Crippen LogP contribution in [0.15, 0.2) is 48.8 Å². The van der Waals surface area contributed by atoms with E-state index >= 15 is 0 Å². The Morgan fingerprint density at radius 1 is 0.930 bits per heavy atom. The maximum Gasteiger partial charge on any atom is 0.459 e. The molecule has 11 nitrogen and oxygen atoms in total. The Balaban J connectivity index is 1.53. The third kappa shape index (κ3) is 5.28. The second-order valence-corrected chi connectivity index (χ2v) is 9.30. The van der Waals surface area contributed by atoms with Gasteiger partial charge in [0.05, 0.1) is 35.2 Å². The lowest BCUT2D eigenvalue weighted by atomic mass is 10.1. The van der Waals surface area contributed by atoms with Crippen LogP contribution >= 0.6 is 0 Å². The van der Waals surface area contributed by atoms with Crippen LogP contribution in [-0.4, -0.2) is 52.1 Å². The zero-order valence-electron chi connectivity index (χ0n) is 22.5. The van der Waals surface area contributed by atoms with Gasteiger partial charge in [-0.2, -0.15) is 37.2 Å². The van der Waals surface area contributed by atoms with E-state index in [1.165, 1.54) is 21.8 Å². The fraction of sp³-hybridized carbons (Fsp3) is 0.231. The molecule has 0 saturated carbocycles. The van der Waals surface area contributed by atoms with Crippen LogP contribution < -0.4 is 10.6 Å². The van der Waals surface area contributed by atoms with E-state index in [9.17, 15) is 35.9 Å². The fourth-order valence-corrected chi connectivity index (χ4v) is 4.17. The molecule has 17 heteroatoms. The Bertz CT molecular complexity index is 1860. The van der Waals surface area contributed by atoms with Crippen molar-refractivity contribution in [2.24, 2.45) is 7.05 Å². The Morgan fingerprint density at radius 2 is 1.58 bits per heavy atom. The van der Waals surface area contributed by atoms with Gasteiger partial charge in [0.15, 0.2) is 11.3 Å². The number of amides is 2. The molecule has 5 aromatic rings. The first-order valence-electron chi connectivity index (χ1n) is 12.5. The molecule has 2 amide bonds. The Labute approximate surface area is 238 Å². The van der Waals surface area contributed by atoms with E-state index in [-0.39, 0.29) is 33.7 Å². The number of hydrogen-bond acceptors (Lipinski definition) is 6. The van der Waals surface area contributed by atoms with Crippen LogP contribution in [-0.2, 0) is 19.5 Å². The summed E-state index contributed by atoms with van der Waals surface area (Å²) in [6, 6.07) is 5.64. The Morgan fingerprint density at radius 3 is 2.19 bits per heavy atom. The molecule has 0 aliphatic rings. The summed E-state index contributed by atoms with van der Waals surface area (Å²) in [6.45, 7) is 3.64. The highest BCUT2D eigenvalue weighted by atomic mass is 19.4. The molecule has 0 saturated heterocycles. The molecule has 5 rings (SSSR count). The van der Waals surface area contributed by atoms with Crippen LogP contribution in [0, 0.1) is 12.7 Å². The molecule has 4 aromatic heterocycles. The number of rotatable bonds is 7. The Kier molecular flexibility index (Phi) is 7.19. The lowest BCUT2D eigenvalue weighted by molar-refractivity contribution is -0.291. The molecule has 0 aliphatic carbocycles. The van der Waals surface area contributed by atoms with Crippen LogP contribution in [0.2, 0.25) is 0 Å². The van der Waals surface area contributed by atoms with Crippen molar-refractivity contribution in [2.45, 2.75) is 32.5 Å². The summed E-state index contributed by atoms with van der Waals surface area (Å²) in [4.78, 5) is 30.4. The van der Waals surface area contributed by atoms with Crippen molar-refractivity contribution in [3.05, 3.63) is 77.4 Å². The molecule has 1 aromatic carbocycles. The first-order chi connectivity index (χ1) is 20.2. The van der Waals surface area contributed by atoms with Gasteiger partial charge in [-0.1, -0.05) is 0 Å². The normalized spacial score (nSPS) is 12.1. The van der Waals surface area contributed by atoms with Gasteiger partial charge in [0.1, 0.15) is 17.2 Å². The summed E-state index contributed by atoms with van der Waals surface area (Å²) in [5.41, 5.74) is -2.11. The molecule has 0 fully saturated rings. The van der Waals surface area contributed by atoms with Gasteiger partial charge in [-0.15, -0.1) is 0 Å². The molecule has 43 heavy (non-hydrogen) atoms. The number of aryl methyl sites for hydroxylation is 2. The van der Waals surface area contributed by atoms with E-state index in [0.717, 1.165) is 30.3 Å². The number of anilines is 2. The van der Waals surface area contributed by atoms with Crippen LogP contribution in [0.25, 0.3) is 16.9 Å². The maximum absolute atomic E-state index is 14.7. The van der Waals surface area contributed by atoms with Crippen molar-refractivity contribution >= 4 is 28.8 Å². The van der Waals surface area contributed by atoms with E-state index in [1.807, 2.05) is 0 Å². The zero-order chi connectivity index (χ0) is 31.3. The third-order valence-electron chi connectivity index (χ3n) is 6.56. The van der Waals surface area contributed by atoms with Crippen LogP contribution in [0.3, 0.4) is 0 Å². The van der Waals surface area contributed by atoms with Crippen molar-refractivity contribution in [1.82, 2.24) is 34.2 Å². The third-order valence-corrected chi connectivity index (χ3v) is 6.56. The first kappa shape index (κ1) is 29.3. The maximum atomic E-state index is 14.7. The van der Waals surface area contributed by atoms with E-state index in [2.05, 4.69) is 30.9 Å². The molecule has 0 unspecified atom stereocenters. The molecular formula is C26H21F6N9O2. The number of aromatic nitrogens is 7. The molecule has 2 N–H and O–H groups in total. The number of carbonyl (C=O) groups is 2. The summed E-state index contributed by atoms with van der Waals surface area (Å²) in [5.74, 6) is -7.76. The number of carbonyl (C=O) groups excluding carboxylic acids is 2. The van der Waals surface area contributed by atoms with Gasteiger partial charge in [0, 0.05) is 25.2 Å². The number of fused-ring (bicyclic) bond motifs is 1. The Hall–Kier alpha value is -5.22. The van der Waals surface area contributed by atoms with Crippen molar-refractivity contribution in [2.75, 3.05) is 10.6 Å². The van der Waals surface area contributed by atoms with Gasteiger partial charge in [0.2, 0.25) is 0 Å². The van der Waals surface area contributed by atoms with Gasteiger partial charge in [-0.3, -0.25) is 19.0 Å². The summed E-state index contributed by atoms with van der Waals surface area (Å²) < 4.78 is 86.1. The molecule has 0 bridgehead atoms. The van der Waals surface area contributed by atoms with E-state index < -0.39 is 46.8 Å². The van der Waals surface area contributed by atoms with Crippen LogP contribution in [0.4, 0.5) is 37.7 Å². The summed E-state index contributed by atoms with van der Waals surface area (Å²) in [6.07, 6.45) is -3.41. The number of alkyl halides is 5. The quantitative estimate of drug-likeness (QED) is 0.253. The predicted molar refractivity (Wildman–Crippen MR) is 140 cm³/mol. The van der Waals surface area contributed by atoms with Gasteiger partial charge >= 0.3 is 12.1 Å². The molecule has 0 spiro atoms. The monoisotopic (exact) mass is 605 g/mol. The molecule has 0 radical (unpaired) electrons. The standard InChI is InChI=1S/C26H21F6N9O2/c1-4-40-22(24(43)36-18-11-33-39(3)13(18)2)19(12-34-40)37-23(42)17-10-21-35-16(14-5-7-15(27)8-6-14)9-20(41(21)38-17)25(28,29)26(30,31)32/h5-12H,4H2,1-3H3,(H,36,43)(H,37,42). The molecule has 4 heterocycles. The number of nitrogens with one attached hydrogen (secondary N) is 2. The summed E-state index contributed by atoms with van der Waals surface area (Å²) in [5, 5.41) is 16.9. The van der Waals surface area contributed by atoms with Crippen LogP contribution in [0.5, 0.6) is 0 Å². The largest absolute Gasteiger partial charge is 0.459 e. The van der Waals surface area contributed by atoms with E-state index in [0.29, 0.717) is 17.4 Å². The minimum atomic E-state index is -6.01. The summed E-state index contributed by atoms with van der Waals surface area (Å²) in [7, 11) is 1.68. The number of nitrogens with zero attached hydrogens (tertiary/aromatic N) is 7. The highest BCUT2D eigenvalue weighted by Crippen LogP contribution is 2.44. The summed E-state index contributed by atoms with van der Waals surface area (Å²) >= 11 is 0. The predicted octanol–water partition coefficient (Wildman–Crippen LogP) is 4.95. The minimum absolute atomic E-state index is 0.0433. The smallest absolute Gasteiger partial charge is 0.318 e. The average molecular weight is 606 g/mol. The van der Waals surface area contributed by atoms with Gasteiger partial charge in [-0.25, -0.2) is 13.9 Å². The number of halogens is 6. The molecule has 0 atom stereocenters.